The van der Waals surface area contributed by atoms with Crippen molar-refractivity contribution in [2.75, 3.05) is 6.54 Å². The molecule has 0 spiro atoms. The Kier molecular flexibility index (Phi) is 8.11. The van der Waals surface area contributed by atoms with Crippen LogP contribution in [0.2, 0.25) is 0 Å². The molecule has 2 fully saturated rings. The SMILES string of the molecule is C[C@@H]1[C@@H]2CN(C(=O)[C@H](C(C)(C)C)NC(=O)O[C@]3(C)C[C@H]3CCCCCc3nc4ccc(C(F)(F)F)cc4nc3O2)[C@@H]1C=O. The number of aromatic nitrogens is 2. The number of hydrogen-bond donors (Lipinski definition) is 1. The molecule has 2 aromatic rings. The Bertz CT molecular complexity index is 1410. The van der Waals surface area contributed by atoms with Crippen LogP contribution in [0.4, 0.5) is 18.0 Å². The molecular weight excluding hydrogens is 565 g/mol. The number of benzene rings is 1. The number of carbonyl (C=O) groups is 3. The van der Waals surface area contributed by atoms with E-state index >= 15 is 0 Å². The van der Waals surface area contributed by atoms with Crippen LogP contribution in [0, 0.1) is 17.3 Å². The Morgan fingerprint density at radius 3 is 2.51 bits per heavy atom. The molecule has 1 aromatic carbocycles. The molecule has 5 rings (SSSR count). The van der Waals surface area contributed by atoms with Gasteiger partial charge in [0.15, 0.2) is 0 Å². The number of aryl methyl sites for hydroxylation is 1. The van der Waals surface area contributed by atoms with Gasteiger partial charge in [-0.2, -0.15) is 13.2 Å². The number of halogens is 3. The van der Waals surface area contributed by atoms with Gasteiger partial charge in [0, 0.05) is 11.8 Å². The van der Waals surface area contributed by atoms with E-state index in [1.54, 1.807) is 6.92 Å². The van der Waals surface area contributed by atoms with Gasteiger partial charge in [-0.15, -0.1) is 0 Å². The topological polar surface area (TPSA) is 111 Å². The average molecular weight is 605 g/mol. The summed E-state index contributed by atoms with van der Waals surface area (Å²) >= 11 is 0. The highest BCUT2D eigenvalue weighted by atomic mass is 19.4. The second-order valence-electron chi connectivity index (χ2n) is 13.5. The molecule has 1 saturated carbocycles. The van der Waals surface area contributed by atoms with Gasteiger partial charge in [-0.1, -0.05) is 40.5 Å². The first-order valence-electron chi connectivity index (χ1n) is 14.9. The molecule has 234 valence electrons. The van der Waals surface area contributed by atoms with Crippen molar-refractivity contribution in [3.63, 3.8) is 0 Å². The third-order valence-electron chi connectivity index (χ3n) is 9.10. The summed E-state index contributed by atoms with van der Waals surface area (Å²) in [7, 11) is 0. The number of alkyl halides is 3. The fraction of sp³-hybridized carbons (Fsp3) is 0.645. The van der Waals surface area contributed by atoms with E-state index in [-0.39, 0.29) is 23.9 Å². The largest absolute Gasteiger partial charge is 0.471 e. The summed E-state index contributed by atoms with van der Waals surface area (Å²) in [6.07, 6.45) is -0.604. The van der Waals surface area contributed by atoms with Crippen LogP contribution in [0.1, 0.15) is 78.0 Å². The van der Waals surface area contributed by atoms with Gasteiger partial charge in [-0.3, -0.25) is 4.79 Å². The van der Waals surface area contributed by atoms with Gasteiger partial charge in [-0.05, 0) is 56.2 Å². The van der Waals surface area contributed by atoms with Crippen molar-refractivity contribution in [3.05, 3.63) is 29.5 Å². The Balaban J connectivity index is 1.52. The number of nitrogens with zero attached hydrogens (tertiary/aromatic N) is 3. The number of alkyl carbamates (subject to hydrolysis) is 1. The van der Waals surface area contributed by atoms with Crippen LogP contribution < -0.4 is 10.1 Å². The maximum Gasteiger partial charge on any atom is 0.416 e. The number of ether oxygens (including phenoxy) is 2. The number of hydrogen-bond acceptors (Lipinski definition) is 7. The highest BCUT2D eigenvalue weighted by molar-refractivity contribution is 5.89. The fourth-order valence-corrected chi connectivity index (χ4v) is 6.21. The minimum atomic E-state index is -4.54. The predicted molar refractivity (Wildman–Crippen MR) is 151 cm³/mol. The smallest absolute Gasteiger partial charge is 0.416 e. The number of nitrogens with one attached hydrogen (secondary N) is 1. The first-order valence-corrected chi connectivity index (χ1v) is 14.9. The molecule has 1 aliphatic carbocycles. The summed E-state index contributed by atoms with van der Waals surface area (Å²) in [5, 5.41) is 2.77. The minimum Gasteiger partial charge on any atom is -0.471 e. The quantitative estimate of drug-likeness (QED) is 0.430. The number of aldehydes is 1. The van der Waals surface area contributed by atoms with Gasteiger partial charge in [0.1, 0.15) is 29.7 Å². The van der Waals surface area contributed by atoms with Gasteiger partial charge in [0.2, 0.25) is 11.8 Å². The molecule has 1 aromatic heterocycles. The molecule has 0 radical (unpaired) electrons. The maximum atomic E-state index is 13.9. The minimum absolute atomic E-state index is 0.0221. The van der Waals surface area contributed by atoms with Crippen LogP contribution in [0.5, 0.6) is 5.88 Å². The van der Waals surface area contributed by atoms with Gasteiger partial charge >= 0.3 is 12.3 Å². The van der Waals surface area contributed by atoms with E-state index in [0.29, 0.717) is 23.9 Å². The van der Waals surface area contributed by atoms with Crippen molar-refractivity contribution < 1.29 is 37.0 Å². The summed E-state index contributed by atoms with van der Waals surface area (Å²) in [4.78, 5) is 49.7. The number of amides is 2. The molecule has 1 N–H and O–H groups in total. The van der Waals surface area contributed by atoms with Crippen molar-refractivity contribution in [3.8, 4) is 5.88 Å². The third kappa shape index (κ3) is 6.43. The van der Waals surface area contributed by atoms with Crippen LogP contribution in [0.25, 0.3) is 11.0 Å². The molecule has 43 heavy (non-hydrogen) atoms. The van der Waals surface area contributed by atoms with Crippen LogP contribution in [-0.2, 0) is 26.9 Å². The van der Waals surface area contributed by atoms with E-state index in [2.05, 4.69) is 15.3 Å². The Labute approximate surface area is 248 Å². The van der Waals surface area contributed by atoms with Crippen molar-refractivity contribution in [2.24, 2.45) is 17.3 Å². The third-order valence-corrected chi connectivity index (χ3v) is 9.10. The van der Waals surface area contributed by atoms with E-state index in [1.807, 2.05) is 27.7 Å². The van der Waals surface area contributed by atoms with E-state index in [0.717, 1.165) is 44.2 Å². The summed E-state index contributed by atoms with van der Waals surface area (Å²) in [6, 6.07) is 1.42. The van der Waals surface area contributed by atoms with Crippen LogP contribution >= 0.6 is 0 Å². The van der Waals surface area contributed by atoms with E-state index in [1.165, 1.54) is 11.0 Å². The van der Waals surface area contributed by atoms with Gasteiger partial charge in [0.05, 0.1) is 29.2 Å². The summed E-state index contributed by atoms with van der Waals surface area (Å²) in [6.45, 7) is 9.15. The van der Waals surface area contributed by atoms with E-state index in [4.69, 9.17) is 9.47 Å². The second-order valence-corrected chi connectivity index (χ2v) is 13.5. The summed E-state index contributed by atoms with van der Waals surface area (Å²) in [5.74, 6) is -0.595. The number of fused-ring (bicyclic) bond motifs is 5. The van der Waals surface area contributed by atoms with E-state index in [9.17, 15) is 27.6 Å². The molecule has 9 nitrogen and oxygen atoms in total. The fourth-order valence-electron chi connectivity index (χ4n) is 6.21. The Morgan fingerprint density at radius 2 is 1.84 bits per heavy atom. The first-order chi connectivity index (χ1) is 20.1. The summed E-state index contributed by atoms with van der Waals surface area (Å²) in [5.41, 5.74) is -1.25. The maximum absolute atomic E-state index is 13.9. The molecule has 12 heteroatoms. The molecule has 1 saturated heterocycles. The molecule has 2 bridgehead atoms. The lowest BCUT2D eigenvalue weighted by Crippen LogP contribution is -2.56. The lowest BCUT2D eigenvalue weighted by atomic mass is 9.85. The van der Waals surface area contributed by atoms with Crippen LogP contribution in [0.15, 0.2) is 18.2 Å². The predicted octanol–water partition coefficient (Wildman–Crippen LogP) is 5.48. The average Bonchev–Trinajstić information content (AvgIpc) is 3.44. The zero-order valence-electron chi connectivity index (χ0n) is 25.2. The zero-order chi connectivity index (χ0) is 31.3. The van der Waals surface area contributed by atoms with Crippen molar-refractivity contribution in [1.29, 1.82) is 0 Å². The Morgan fingerprint density at radius 1 is 1.09 bits per heavy atom. The van der Waals surface area contributed by atoms with E-state index < -0.39 is 58.9 Å². The van der Waals surface area contributed by atoms with Gasteiger partial charge in [-0.25, -0.2) is 14.8 Å². The molecule has 3 aliphatic rings. The van der Waals surface area contributed by atoms with Crippen LogP contribution in [0.3, 0.4) is 0 Å². The highest BCUT2D eigenvalue weighted by Gasteiger charge is 2.54. The van der Waals surface area contributed by atoms with Crippen LogP contribution in [-0.4, -0.2) is 63.5 Å². The monoisotopic (exact) mass is 604 g/mol. The molecular formula is C31H39F3N4O5. The number of carbonyl (C=O) groups excluding carboxylic acids is 3. The molecule has 6 atom stereocenters. The van der Waals surface area contributed by atoms with Crippen molar-refractivity contribution >= 4 is 29.3 Å². The van der Waals surface area contributed by atoms with Gasteiger partial charge < -0.3 is 24.5 Å². The number of rotatable bonds is 1. The lowest BCUT2D eigenvalue weighted by Gasteiger charge is -2.34. The zero-order valence-corrected chi connectivity index (χ0v) is 25.2. The highest BCUT2D eigenvalue weighted by Crippen LogP contribution is 2.49. The van der Waals surface area contributed by atoms with Gasteiger partial charge in [0.25, 0.3) is 0 Å². The molecule has 2 aliphatic heterocycles. The van der Waals surface area contributed by atoms with Crippen molar-refractivity contribution in [1.82, 2.24) is 20.2 Å². The molecule has 2 amide bonds. The standard InChI is InChI=1S/C31H39F3N4O5/c1-17-23(16-39)38-15-24(17)42-26-21(35-20-12-11-18(31(32,33)34)13-22(20)36-26)10-8-6-7-9-19-14-30(19,5)43-28(41)37-25(27(38)40)29(2,3)4/h11-13,16-17,19,23-25H,6-10,14-15H2,1-5H3,(H,37,41)/t17-,19+,23+,24-,25+,30+/m0/s1. The first kappa shape index (κ1) is 31.0. The summed E-state index contributed by atoms with van der Waals surface area (Å²) < 4.78 is 52.5. The normalized spacial score (nSPS) is 30.7. The Hall–Kier alpha value is -3.44. The van der Waals surface area contributed by atoms with Crippen molar-refractivity contribution in [2.45, 2.75) is 103 Å². The molecule has 0 unspecified atom stereocenters. The second kappa shape index (κ2) is 11.2. The lowest BCUT2D eigenvalue weighted by molar-refractivity contribution is -0.139. The molecule has 3 heterocycles.